The molecule has 3 aromatic rings. The van der Waals surface area contributed by atoms with Crippen molar-refractivity contribution >= 4 is 28.6 Å². The molecule has 0 spiro atoms. The third-order valence-electron chi connectivity index (χ3n) is 5.57. The lowest BCUT2D eigenvalue weighted by Crippen LogP contribution is -2.15. The highest BCUT2D eigenvalue weighted by Gasteiger charge is 2.25. The summed E-state index contributed by atoms with van der Waals surface area (Å²) in [5.74, 6) is -0.110. The molecule has 0 heterocycles. The van der Waals surface area contributed by atoms with Gasteiger partial charge in [0.2, 0.25) is 0 Å². The van der Waals surface area contributed by atoms with Crippen LogP contribution in [0.25, 0.3) is 0 Å². The highest BCUT2D eigenvalue weighted by molar-refractivity contribution is 6.27. The Balaban J connectivity index is 1.69. The van der Waals surface area contributed by atoms with E-state index in [0.29, 0.717) is 22.5 Å². The number of aryl methyl sites for hydroxylation is 2. The van der Waals surface area contributed by atoms with Crippen molar-refractivity contribution in [3.8, 4) is 5.75 Å². The molecule has 0 saturated heterocycles. The van der Waals surface area contributed by atoms with Crippen LogP contribution in [0.1, 0.15) is 53.7 Å². The zero-order chi connectivity index (χ0) is 22.5. The van der Waals surface area contributed by atoms with Crippen LogP contribution in [0.4, 0.5) is 17.1 Å². The number of ketones is 1. The Kier molecular flexibility index (Phi) is 6.50. The predicted octanol–water partition coefficient (Wildman–Crippen LogP) is 6.91. The summed E-state index contributed by atoms with van der Waals surface area (Å²) in [6, 6.07) is 19.6. The third kappa shape index (κ3) is 4.65. The minimum Gasteiger partial charge on any atom is -0.507 e. The molecular weight excluding hydrogens is 396 g/mol. The standard InChI is InChI=1S/C28H28N2O2/c1-3-5-19-7-11-21(12-8-19)29-23-15-17-26(32)28-24(16-18-25(31)27(23)28)30-22-13-9-20(6-4-2)10-14-22/h7-18,29,32H,3-6H2,1-2H3. The summed E-state index contributed by atoms with van der Waals surface area (Å²) in [5.41, 5.74) is 6.35. The molecule has 0 unspecified atom stereocenters. The summed E-state index contributed by atoms with van der Waals surface area (Å²) in [4.78, 5) is 17.5. The Morgan fingerprint density at radius 1 is 0.781 bits per heavy atom. The van der Waals surface area contributed by atoms with Gasteiger partial charge in [-0.3, -0.25) is 4.79 Å². The lowest BCUT2D eigenvalue weighted by atomic mass is 9.91. The van der Waals surface area contributed by atoms with Gasteiger partial charge in [0, 0.05) is 5.69 Å². The number of carbonyl (C=O) groups excluding carboxylic acids is 1. The number of rotatable bonds is 7. The van der Waals surface area contributed by atoms with Crippen LogP contribution in [-0.4, -0.2) is 16.6 Å². The number of carbonyl (C=O) groups is 1. The average molecular weight is 425 g/mol. The fraction of sp³-hybridized carbons (Fsp3) is 0.214. The molecule has 3 aromatic carbocycles. The number of allylic oxidation sites excluding steroid dienone is 2. The van der Waals surface area contributed by atoms with E-state index in [9.17, 15) is 9.90 Å². The molecule has 0 saturated carbocycles. The number of phenols is 1. The molecule has 4 rings (SSSR count). The number of nitrogens with one attached hydrogen (secondary N) is 1. The van der Waals surface area contributed by atoms with Crippen molar-refractivity contribution in [3.63, 3.8) is 0 Å². The summed E-state index contributed by atoms with van der Waals surface area (Å²) in [5, 5.41) is 14.0. The van der Waals surface area contributed by atoms with Gasteiger partial charge in [-0.2, -0.15) is 0 Å². The molecule has 0 aromatic heterocycles. The van der Waals surface area contributed by atoms with Crippen LogP contribution < -0.4 is 5.32 Å². The number of hydrogen-bond donors (Lipinski definition) is 2. The topological polar surface area (TPSA) is 61.7 Å². The van der Waals surface area contributed by atoms with Gasteiger partial charge in [0.25, 0.3) is 0 Å². The molecular formula is C28H28N2O2. The summed E-state index contributed by atoms with van der Waals surface area (Å²) in [7, 11) is 0. The van der Waals surface area contributed by atoms with Crippen molar-refractivity contribution in [1.82, 2.24) is 0 Å². The normalized spacial score (nSPS) is 13.9. The van der Waals surface area contributed by atoms with E-state index in [0.717, 1.165) is 37.1 Å². The zero-order valence-corrected chi connectivity index (χ0v) is 18.6. The quantitative estimate of drug-likeness (QED) is 0.405. The molecule has 1 aliphatic rings. The van der Waals surface area contributed by atoms with Gasteiger partial charge in [-0.25, -0.2) is 4.99 Å². The van der Waals surface area contributed by atoms with E-state index in [-0.39, 0.29) is 11.5 Å². The van der Waals surface area contributed by atoms with Crippen LogP contribution >= 0.6 is 0 Å². The molecule has 2 N–H and O–H groups in total. The minimum absolute atomic E-state index is 0.0443. The summed E-state index contributed by atoms with van der Waals surface area (Å²) in [6.45, 7) is 4.32. The fourth-order valence-electron chi connectivity index (χ4n) is 3.99. The van der Waals surface area contributed by atoms with Crippen molar-refractivity contribution in [1.29, 1.82) is 0 Å². The van der Waals surface area contributed by atoms with Gasteiger partial charge in [0.05, 0.1) is 28.2 Å². The van der Waals surface area contributed by atoms with E-state index in [4.69, 9.17) is 4.99 Å². The van der Waals surface area contributed by atoms with Crippen molar-refractivity contribution in [2.75, 3.05) is 5.32 Å². The maximum Gasteiger partial charge on any atom is 0.188 e. The molecule has 1 aliphatic carbocycles. The number of anilines is 2. The lowest BCUT2D eigenvalue weighted by Gasteiger charge is -2.19. The minimum atomic E-state index is -0.154. The van der Waals surface area contributed by atoms with Gasteiger partial charge in [-0.15, -0.1) is 0 Å². The summed E-state index contributed by atoms with van der Waals surface area (Å²) in [6.07, 6.45) is 7.45. The van der Waals surface area contributed by atoms with Crippen LogP contribution in [0.2, 0.25) is 0 Å². The van der Waals surface area contributed by atoms with E-state index in [1.165, 1.54) is 17.2 Å². The van der Waals surface area contributed by atoms with Crippen molar-refractivity contribution in [3.05, 3.63) is 95.1 Å². The van der Waals surface area contributed by atoms with E-state index in [1.54, 1.807) is 18.2 Å². The van der Waals surface area contributed by atoms with Crippen LogP contribution in [-0.2, 0) is 12.8 Å². The second-order valence-corrected chi connectivity index (χ2v) is 8.07. The molecule has 0 amide bonds. The first-order valence-corrected chi connectivity index (χ1v) is 11.2. The highest BCUT2D eigenvalue weighted by Crippen LogP contribution is 2.35. The molecule has 4 nitrogen and oxygen atoms in total. The van der Waals surface area contributed by atoms with Gasteiger partial charge in [0.1, 0.15) is 5.75 Å². The number of aromatic hydroxyl groups is 1. The Hall–Kier alpha value is -3.66. The van der Waals surface area contributed by atoms with E-state index in [1.807, 2.05) is 24.3 Å². The second-order valence-electron chi connectivity index (χ2n) is 8.07. The number of fused-ring (bicyclic) bond motifs is 1. The number of hydrogen-bond acceptors (Lipinski definition) is 4. The molecule has 4 heteroatoms. The van der Waals surface area contributed by atoms with Gasteiger partial charge in [-0.05, 0) is 72.5 Å². The van der Waals surface area contributed by atoms with Gasteiger partial charge in [-0.1, -0.05) is 51.0 Å². The average Bonchev–Trinajstić information content (AvgIpc) is 2.80. The molecule has 32 heavy (non-hydrogen) atoms. The number of benzene rings is 3. The summed E-state index contributed by atoms with van der Waals surface area (Å²) >= 11 is 0. The molecule has 0 aliphatic heterocycles. The first-order chi connectivity index (χ1) is 15.6. The van der Waals surface area contributed by atoms with Crippen LogP contribution in [0, 0.1) is 0 Å². The fourth-order valence-corrected chi connectivity index (χ4v) is 3.99. The first kappa shape index (κ1) is 21.6. The van der Waals surface area contributed by atoms with Crippen LogP contribution in [0.5, 0.6) is 5.75 Å². The maximum absolute atomic E-state index is 12.8. The van der Waals surface area contributed by atoms with Crippen molar-refractivity contribution in [2.45, 2.75) is 39.5 Å². The van der Waals surface area contributed by atoms with Crippen LogP contribution in [0.15, 0.2) is 77.8 Å². The van der Waals surface area contributed by atoms with Gasteiger partial charge < -0.3 is 10.4 Å². The molecule has 162 valence electrons. The lowest BCUT2D eigenvalue weighted by molar-refractivity contribution is 0.104. The molecule has 0 atom stereocenters. The zero-order valence-electron chi connectivity index (χ0n) is 18.6. The van der Waals surface area contributed by atoms with E-state index >= 15 is 0 Å². The molecule has 0 bridgehead atoms. The third-order valence-corrected chi connectivity index (χ3v) is 5.57. The number of phenolic OH excluding ortho intramolecular Hbond substituents is 1. The number of aliphatic imine (C=N–C) groups is 1. The Morgan fingerprint density at radius 3 is 2.03 bits per heavy atom. The van der Waals surface area contributed by atoms with Gasteiger partial charge in [0.15, 0.2) is 5.78 Å². The van der Waals surface area contributed by atoms with Crippen molar-refractivity contribution in [2.24, 2.45) is 4.99 Å². The Labute approximate surface area is 189 Å². The first-order valence-electron chi connectivity index (χ1n) is 11.2. The van der Waals surface area contributed by atoms with Crippen molar-refractivity contribution < 1.29 is 9.90 Å². The number of nitrogens with zero attached hydrogens (tertiary/aromatic N) is 1. The molecule has 0 radical (unpaired) electrons. The highest BCUT2D eigenvalue weighted by atomic mass is 16.3. The molecule has 0 fully saturated rings. The second kappa shape index (κ2) is 9.65. The smallest absolute Gasteiger partial charge is 0.188 e. The van der Waals surface area contributed by atoms with Gasteiger partial charge >= 0.3 is 0 Å². The Morgan fingerprint density at radius 2 is 1.41 bits per heavy atom. The largest absolute Gasteiger partial charge is 0.507 e. The Bertz CT molecular complexity index is 1170. The van der Waals surface area contributed by atoms with Crippen LogP contribution in [0.3, 0.4) is 0 Å². The monoisotopic (exact) mass is 424 g/mol. The predicted molar refractivity (Wildman–Crippen MR) is 132 cm³/mol. The summed E-state index contributed by atoms with van der Waals surface area (Å²) < 4.78 is 0. The van der Waals surface area contributed by atoms with E-state index in [2.05, 4.69) is 43.4 Å². The van der Waals surface area contributed by atoms with E-state index < -0.39 is 0 Å². The SMILES string of the molecule is CCCc1ccc(N=C2C=CC(=O)c3c(Nc4ccc(CCC)cc4)ccc(O)c32)cc1. The maximum atomic E-state index is 12.8.